The molecule has 0 spiro atoms. The maximum atomic E-state index is 11.8. The minimum atomic E-state index is -0.316. The molecule has 0 saturated heterocycles. The van der Waals surface area contributed by atoms with Crippen molar-refractivity contribution in [2.45, 2.75) is 39.7 Å². The zero-order chi connectivity index (χ0) is 11.6. The van der Waals surface area contributed by atoms with E-state index in [-0.39, 0.29) is 11.9 Å². The van der Waals surface area contributed by atoms with Gasteiger partial charge >= 0.3 is 0 Å². The highest BCUT2D eigenvalue weighted by Crippen LogP contribution is 2.37. The average molecular weight is 212 g/mol. The van der Waals surface area contributed by atoms with E-state index in [4.69, 9.17) is 5.73 Å². The van der Waals surface area contributed by atoms with Crippen molar-refractivity contribution in [3.63, 3.8) is 0 Å². The van der Waals surface area contributed by atoms with E-state index >= 15 is 0 Å². The van der Waals surface area contributed by atoms with E-state index in [9.17, 15) is 4.79 Å². The molecule has 88 valence electrons. The Morgan fingerprint density at radius 1 is 1.53 bits per heavy atom. The second kappa shape index (κ2) is 4.97. The van der Waals surface area contributed by atoms with Gasteiger partial charge in [0.2, 0.25) is 5.91 Å². The van der Waals surface area contributed by atoms with E-state index < -0.39 is 0 Å². The van der Waals surface area contributed by atoms with Crippen molar-refractivity contribution in [2.24, 2.45) is 23.5 Å². The molecule has 0 aromatic rings. The minimum Gasteiger partial charge on any atom is -0.344 e. The smallest absolute Gasteiger partial charge is 0.239 e. The van der Waals surface area contributed by atoms with Crippen LogP contribution >= 0.6 is 0 Å². The lowest BCUT2D eigenvalue weighted by atomic mass is 10.0. The molecule has 0 aromatic heterocycles. The van der Waals surface area contributed by atoms with Crippen LogP contribution in [0.4, 0.5) is 0 Å². The number of rotatable bonds is 5. The van der Waals surface area contributed by atoms with Crippen molar-refractivity contribution in [3.8, 4) is 0 Å². The molecule has 3 nitrogen and oxygen atoms in total. The molecule has 1 saturated carbocycles. The first kappa shape index (κ1) is 12.5. The molecule has 0 bridgehead atoms. The molecule has 3 unspecified atom stereocenters. The summed E-state index contributed by atoms with van der Waals surface area (Å²) < 4.78 is 0. The average Bonchev–Trinajstić information content (AvgIpc) is 2.79. The van der Waals surface area contributed by atoms with Crippen molar-refractivity contribution in [2.75, 3.05) is 13.6 Å². The second-order valence-electron chi connectivity index (χ2n) is 5.43. The molecule has 0 heterocycles. The van der Waals surface area contributed by atoms with Crippen molar-refractivity contribution in [3.05, 3.63) is 0 Å². The van der Waals surface area contributed by atoms with Crippen LogP contribution in [0.1, 0.15) is 33.6 Å². The molecule has 0 radical (unpaired) electrons. The van der Waals surface area contributed by atoms with Crippen molar-refractivity contribution in [1.82, 2.24) is 4.90 Å². The van der Waals surface area contributed by atoms with Gasteiger partial charge in [-0.05, 0) is 30.6 Å². The standard InChI is InChI=1S/C12H24N2O/c1-8(2)5-11(13)12(15)14(4)7-10-6-9(10)3/h8-11H,5-7,13H2,1-4H3. The fourth-order valence-electron chi connectivity index (χ4n) is 1.99. The number of carbonyl (C=O) groups is 1. The summed E-state index contributed by atoms with van der Waals surface area (Å²) in [7, 11) is 1.87. The van der Waals surface area contributed by atoms with E-state index in [1.165, 1.54) is 6.42 Å². The maximum absolute atomic E-state index is 11.8. The molecule has 3 atom stereocenters. The third kappa shape index (κ3) is 3.82. The maximum Gasteiger partial charge on any atom is 0.239 e. The van der Waals surface area contributed by atoms with E-state index in [1.54, 1.807) is 4.90 Å². The monoisotopic (exact) mass is 212 g/mol. The zero-order valence-corrected chi connectivity index (χ0v) is 10.4. The second-order valence-corrected chi connectivity index (χ2v) is 5.43. The predicted octanol–water partition coefficient (Wildman–Crippen LogP) is 1.47. The summed E-state index contributed by atoms with van der Waals surface area (Å²) in [5, 5.41) is 0. The highest BCUT2D eigenvalue weighted by atomic mass is 16.2. The molecular weight excluding hydrogens is 188 g/mol. The number of nitrogens with two attached hydrogens (primary N) is 1. The van der Waals surface area contributed by atoms with Crippen LogP contribution in [0, 0.1) is 17.8 Å². The van der Waals surface area contributed by atoms with Gasteiger partial charge in [0.1, 0.15) is 0 Å². The van der Waals surface area contributed by atoms with Gasteiger partial charge in [0, 0.05) is 13.6 Å². The third-order valence-corrected chi connectivity index (χ3v) is 3.20. The van der Waals surface area contributed by atoms with Crippen molar-refractivity contribution in [1.29, 1.82) is 0 Å². The summed E-state index contributed by atoms with van der Waals surface area (Å²) in [5.41, 5.74) is 5.86. The number of likely N-dealkylation sites (N-methyl/N-ethyl adjacent to an activating group) is 1. The van der Waals surface area contributed by atoms with Crippen LogP contribution in [-0.2, 0) is 4.79 Å². The Labute approximate surface area is 93.0 Å². The molecule has 2 N–H and O–H groups in total. The van der Waals surface area contributed by atoms with Gasteiger partial charge in [-0.3, -0.25) is 4.79 Å². The first-order chi connectivity index (χ1) is 6.91. The Morgan fingerprint density at radius 2 is 2.07 bits per heavy atom. The molecule has 1 aliphatic rings. The lowest BCUT2D eigenvalue weighted by Crippen LogP contribution is -2.43. The molecule has 3 heteroatoms. The molecular formula is C12H24N2O. The minimum absolute atomic E-state index is 0.0998. The molecule has 0 aliphatic heterocycles. The highest BCUT2D eigenvalue weighted by molar-refractivity contribution is 5.81. The van der Waals surface area contributed by atoms with E-state index in [0.29, 0.717) is 11.8 Å². The lowest BCUT2D eigenvalue weighted by molar-refractivity contribution is -0.131. The number of carbonyl (C=O) groups excluding carboxylic acids is 1. The summed E-state index contributed by atoms with van der Waals surface area (Å²) >= 11 is 0. The van der Waals surface area contributed by atoms with Crippen LogP contribution in [0.3, 0.4) is 0 Å². The fourth-order valence-corrected chi connectivity index (χ4v) is 1.99. The highest BCUT2D eigenvalue weighted by Gasteiger charge is 2.34. The Kier molecular flexibility index (Phi) is 4.14. The number of hydrogen-bond acceptors (Lipinski definition) is 2. The summed E-state index contributed by atoms with van der Waals surface area (Å²) in [6.45, 7) is 7.30. The first-order valence-electron chi connectivity index (χ1n) is 5.92. The summed E-state index contributed by atoms with van der Waals surface area (Å²) in [5.74, 6) is 2.09. The van der Waals surface area contributed by atoms with Crippen LogP contribution in [0.5, 0.6) is 0 Å². The summed E-state index contributed by atoms with van der Waals surface area (Å²) in [4.78, 5) is 13.7. The SMILES string of the molecule is CC(C)CC(N)C(=O)N(C)CC1CC1C. The normalized spacial score (nSPS) is 26.5. The van der Waals surface area contributed by atoms with Gasteiger partial charge in [0.25, 0.3) is 0 Å². The molecule has 0 aromatic carbocycles. The van der Waals surface area contributed by atoms with Crippen molar-refractivity contribution >= 4 is 5.91 Å². The zero-order valence-electron chi connectivity index (χ0n) is 10.4. The largest absolute Gasteiger partial charge is 0.344 e. The summed E-state index contributed by atoms with van der Waals surface area (Å²) in [6.07, 6.45) is 2.04. The Bertz CT molecular complexity index is 228. The predicted molar refractivity (Wildman–Crippen MR) is 62.3 cm³/mol. The van der Waals surface area contributed by atoms with Crippen LogP contribution in [-0.4, -0.2) is 30.4 Å². The first-order valence-corrected chi connectivity index (χ1v) is 5.92. The lowest BCUT2D eigenvalue weighted by Gasteiger charge is -2.22. The molecule has 1 amide bonds. The van der Waals surface area contributed by atoms with Gasteiger partial charge in [-0.25, -0.2) is 0 Å². The van der Waals surface area contributed by atoms with Crippen LogP contribution in [0.25, 0.3) is 0 Å². The Hall–Kier alpha value is -0.570. The number of amides is 1. The topological polar surface area (TPSA) is 46.3 Å². The number of nitrogens with zero attached hydrogens (tertiary/aromatic N) is 1. The van der Waals surface area contributed by atoms with Gasteiger partial charge < -0.3 is 10.6 Å². The number of hydrogen-bond donors (Lipinski definition) is 1. The van der Waals surface area contributed by atoms with Crippen LogP contribution in [0.2, 0.25) is 0 Å². The molecule has 1 aliphatic carbocycles. The van der Waals surface area contributed by atoms with E-state index in [2.05, 4.69) is 20.8 Å². The van der Waals surface area contributed by atoms with Crippen molar-refractivity contribution < 1.29 is 4.79 Å². The molecule has 1 rings (SSSR count). The van der Waals surface area contributed by atoms with Gasteiger partial charge in [-0.1, -0.05) is 20.8 Å². The quantitative estimate of drug-likeness (QED) is 0.750. The molecule has 1 fully saturated rings. The van der Waals surface area contributed by atoms with Gasteiger partial charge in [-0.2, -0.15) is 0 Å². The Balaban J connectivity index is 2.31. The third-order valence-electron chi connectivity index (χ3n) is 3.20. The van der Waals surface area contributed by atoms with Crippen LogP contribution < -0.4 is 5.73 Å². The van der Waals surface area contributed by atoms with Gasteiger partial charge in [0.05, 0.1) is 6.04 Å². The van der Waals surface area contributed by atoms with E-state index in [0.717, 1.165) is 18.9 Å². The van der Waals surface area contributed by atoms with E-state index in [1.807, 2.05) is 7.05 Å². The van der Waals surface area contributed by atoms with Crippen LogP contribution in [0.15, 0.2) is 0 Å². The van der Waals surface area contributed by atoms with Gasteiger partial charge in [0.15, 0.2) is 0 Å². The Morgan fingerprint density at radius 3 is 2.47 bits per heavy atom. The fraction of sp³-hybridized carbons (Fsp3) is 0.917. The summed E-state index contributed by atoms with van der Waals surface area (Å²) in [6, 6.07) is -0.316. The van der Waals surface area contributed by atoms with Gasteiger partial charge in [-0.15, -0.1) is 0 Å². The molecule has 15 heavy (non-hydrogen) atoms.